The molecular weight excluding hydrogens is 639 g/mol. The van der Waals surface area contributed by atoms with Gasteiger partial charge in [-0.25, -0.2) is 15.0 Å². The van der Waals surface area contributed by atoms with Crippen LogP contribution in [-0.2, 0) is 0 Å². The fourth-order valence-electron chi connectivity index (χ4n) is 7.03. The van der Waals surface area contributed by atoms with Crippen LogP contribution in [-0.4, -0.2) is 15.0 Å². The monoisotopic (exact) mass is 667 g/mol. The Morgan fingerprint density at radius 2 is 0.846 bits per heavy atom. The van der Waals surface area contributed by atoms with Crippen molar-refractivity contribution >= 4 is 33.0 Å². The molecule has 0 saturated heterocycles. The molecule has 5 nitrogen and oxygen atoms in total. The number of hydrogen-bond acceptors (Lipinski definition) is 5. The van der Waals surface area contributed by atoms with E-state index in [1.165, 1.54) is 5.56 Å². The lowest BCUT2D eigenvalue weighted by Crippen LogP contribution is -1.97. The Morgan fingerprint density at radius 1 is 0.327 bits per heavy atom. The number of hydrogen-bond donors (Lipinski definition) is 0. The fraction of sp³-hybridized carbons (Fsp3) is 0. The Kier molecular flexibility index (Phi) is 7.07. The van der Waals surface area contributed by atoms with Crippen LogP contribution in [0.4, 0.5) is 0 Å². The Bertz CT molecular complexity index is 2860. The van der Waals surface area contributed by atoms with E-state index >= 15 is 0 Å². The maximum Gasteiger partial charge on any atom is 0.228 e. The molecule has 0 saturated carbocycles. The molecule has 0 N–H and O–H groups in total. The van der Waals surface area contributed by atoms with Crippen molar-refractivity contribution in [2.45, 2.75) is 0 Å². The maximum absolute atomic E-state index is 6.48. The van der Waals surface area contributed by atoms with Crippen LogP contribution in [0.25, 0.3) is 101 Å². The number of nitrogens with zero attached hydrogens (tertiary/aromatic N) is 3. The van der Waals surface area contributed by atoms with Crippen molar-refractivity contribution in [2.24, 2.45) is 0 Å². The van der Waals surface area contributed by atoms with Gasteiger partial charge in [0.05, 0.1) is 11.4 Å². The third-order valence-electron chi connectivity index (χ3n) is 9.57. The minimum Gasteiger partial charge on any atom is -0.456 e. The van der Waals surface area contributed by atoms with Crippen LogP contribution in [0.5, 0.6) is 0 Å². The SMILES string of the molecule is c1ccc(-c2ccc(-c3cc(-c4cccc(-c5ccccc5)c4)nc(-c4cccc5oc6cccc(-c7nc8ccccc8o7)c6c45)n3)cc2)cc1. The third kappa shape index (κ3) is 5.24. The molecule has 3 aromatic heterocycles. The Morgan fingerprint density at radius 3 is 1.58 bits per heavy atom. The van der Waals surface area contributed by atoms with Crippen LogP contribution < -0.4 is 0 Å². The summed E-state index contributed by atoms with van der Waals surface area (Å²) in [6.07, 6.45) is 0. The van der Waals surface area contributed by atoms with Gasteiger partial charge in [-0.05, 0) is 64.7 Å². The summed E-state index contributed by atoms with van der Waals surface area (Å²) in [5, 5.41) is 1.82. The summed E-state index contributed by atoms with van der Waals surface area (Å²) in [5.74, 6) is 1.14. The first-order valence-corrected chi connectivity index (χ1v) is 17.3. The summed E-state index contributed by atoms with van der Waals surface area (Å²) in [4.78, 5) is 15.4. The molecule has 10 rings (SSSR count). The fourth-order valence-corrected chi connectivity index (χ4v) is 7.03. The number of para-hydroxylation sites is 2. The standard InChI is InChI=1S/C47H29N3O2/c1-3-12-30(13-4-1)32-24-26-33(27-25-32)39-29-40(35-17-9-16-34(28-35)31-14-5-2-6-15-31)49-46(48-39)36-18-10-22-42-44(36)45-37(19-11-23-43(45)51-42)47-50-38-20-7-8-21-41(38)52-47/h1-29H. The summed E-state index contributed by atoms with van der Waals surface area (Å²) in [6.45, 7) is 0. The lowest BCUT2D eigenvalue weighted by molar-refractivity contribution is 0.620. The van der Waals surface area contributed by atoms with E-state index in [2.05, 4.69) is 109 Å². The molecule has 52 heavy (non-hydrogen) atoms. The van der Waals surface area contributed by atoms with E-state index in [4.69, 9.17) is 23.8 Å². The minimum atomic E-state index is 0.538. The van der Waals surface area contributed by atoms with E-state index in [0.29, 0.717) is 11.7 Å². The molecule has 0 radical (unpaired) electrons. The molecule has 7 aromatic carbocycles. The quantitative estimate of drug-likeness (QED) is 0.177. The molecular formula is C47H29N3O2. The summed E-state index contributed by atoms with van der Waals surface area (Å²) in [7, 11) is 0. The summed E-state index contributed by atoms with van der Waals surface area (Å²) >= 11 is 0. The van der Waals surface area contributed by atoms with E-state index in [0.717, 1.165) is 83.4 Å². The molecule has 0 fully saturated rings. The molecule has 3 heterocycles. The Hall–Kier alpha value is -7.11. The zero-order valence-electron chi connectivity index (χ0n) is 27.9. The summed E-state index contributed by atoms with van der Waals surface area (Å²) in [5.41, 5.74) is 13.0. The van der Waals surface area contributed by atoms with E-state index in [1.54, 1.807) is 0 Å². The van der Waals surface area contributed by atoms with Gasteiger partial charge in [-0.15, -0.1) is 0 Å². The molecule has 0 unspecified atom stereocenters. The van der Waals surface area contributed by atoms with E-state index in [-0.39, 0.29) is 0 Å². The van der Waals surface area contributed by atoms with Crippen LogP contribution in [0.15, 0.2) is 185 Å². The third-order valence-corrected chi connectivity index (χ3v) is 9.57. The molecule has 0 aliphatic rings. The van der Waals surface area contributed by atoms with Gasteiger partial charge in [-0.3, -0.25) is 0 Å². The highest BCUT2D eigenvalue weighted by Gasteiger charge is 2.21. The van der Waals surface area contributed by atoms with Gasteiger partial charge in [-0.2, -0.15) is 0 Å². The average molecular weight is 668 g/mol. The van der Waals surface area contributed by atoms with Gasteiger partial charge in [0, 0.05) is 33.0 Å². The van der Waals surface area contributed by atoms with Gasteiger partial charge in [-0.1, -0.05) is 133 Å². The average Bonchev–Trinajstić information content (AvgIpc) is 3.84. The second-order valence-electron chi connectivity index (χ2n) is 12.8. The van der Waals surface area contributed by atoms with Crippen LogP contribution in [0.3, 0.4) is 0 Å². The molecule has 0 aliphatic carbocycles. The van der Waals surface area contributed by atoms with Crippen LogP contribution in [0.1, 0.15) is 0 Å². The van der Waals surface area contributed by atoms with Gasteiger partial charge in [0.25, 0.3) is 0 Å². The Balaban J connectivity index is 1.19. The van der Waals surface area contributed by atoms with Gasteiger partial charge in [0.15, 0.2) is 11.4 Å². The highest BCUT2D eigenvalue weighted by atomic mass is 16.3. The number of benzene rings is 7. The molecule has 244 valence electrons. The predicted octanol–water partition coefficient (Wildman–Crippen LogP) is 12.5. The molecule has 0 bridgehead atoms. The number of oxazole rings is 1. The number of furan rings is 1. The molecule has 5 heteroatoms. The molecule has 0 amide bonds. The zero-order valence-corrected chi connectivity index (χ0v) is 27.9. The van der Waals surface area contributed by atoms with Gasteiger partial charge in [0.2, 0.25) is 5.89 Å². The first kappa shape index (κ1) is 29.8. The second-order valence-corrected chi connectivity index (χ2v) is 12.8. The lowest BCUT2D eigenvalue weighted by atomic mass is 9.99. The summed E-state index contributed by atoms with van der Waals surface area (Å²) < 4.78 is 12.8. The maximum atomic E-state index is 6.48. The number of rotatable bonds is 6. The van der Waals surface area contributed by atoms with Gasteiger partial charge < -0.3 is 8.83 Å². The molecule has 0 spiro atoms. The summed E-state index contributed by atoms with van der Waals surface area (Å²) in [6, 6.07) is 59.9. The van der Waals surface area contributed by atoms with Crippen LogP contribution in [0, 0.1) is 0 Å². The first-order chi connectivity index (χ1) is 25.7. The van der Waals surface area contributed by atoms with Crippen molar-refractivity contribution in [3.63, 3.8) is 0 Å². The van der Waals surface area contributed by atoms with Crippen molar-refractivity contribution in [3.8, 4) is 67.6 Å². The van der Waals surface area contributed by atoms with Gasteiger partial charge in [0.1, 0.15) is 16.7 Å². The highest BCUT2D eigenvalue weighted by Crippen LogP contribution is 2.42. The Labute approximate surface area is 299 Å². The largest absolute Gasteiger partial charge is 0.456 e. The van der Waals surface area contributed by atoms with Crippen LogP contribution >= 0.6 is 0 Å². The minimum absolute atomic E-state index is 0.538. The zero-order chi connectivity index (χ0) is 34.4. The van der Waals surface area contributed by atoms with Crippen molar-refractivity contribution in [3.05, 3.63) is 176 Å². The lowest BCUT2D eigenvalue weighted by Gasteiger charge is -2.12. The molecule has 10 aromatic rings. The van der Waals surface area contributed by atoms with Gasteiger partial charge >= 0.3 is 0 Å². The second kappa shape index (κ2) is 12.3. The smallest absolute Gasteiger partial charge is 0.228 e. The first-order valence-electron chi connectivity index (χ1n) is 17.3. The normalized spacial score (nSPS) is 11.5. The molecule has 0 atom stereocenters. The van der Waals surface area contributed by atoms with Crippen molar-refractivity contribution in [2.75, 3.05) is 0 Å². The predicted molar refractivity (Wildman–Crippen MR) is 209 cm³/mol. The van der Waals surface area contributed by atoms with Crippen molar-refractivity contribution in [1.82, 2.24) is 15.0 Å². The van der Waals surface area contributed by atoms with E-state index in [1.807, 2.05) is 66.7 Å². The number of aromatic nitrogens is 3. The molecule has 0 aliphatic heterocycles. The van der Waals surface area contributed by atoms with Crippen molar-refractivity contribution in [1.29, 1.82) is 0 Å². The van der Waals surface area contributed by atoms with E-state index < -0.39 is 0 Å². The number of fused-ring (bicyclic) bond motifs is 4. The van der Waals surface area contributed by atoms with Crippen LogP contribution in [0.2, 0.25) is 0 Å². The van der Waals surface area contributed by atoms with Crippen molar-refractivity contribution < 1.29 is 8.83 Å². The van der Waals surface area contributed by atoms with E-state index in [9.17, 15) is 0 Å². The highest BCUT2D eigenvalue weighted by molar-refractivity contribution is 6.17. The topological polar surface area (TPSA) is 65.0 Å².